The van der Waals surface area contributed by atoms with Crippen LogP contribution in [0.2, 0.25) is 0 Å². The van der Waals surface area contributed by atoms with Crippen molar-refractivity contribution >= 4 is 11.8 Å². The Morgan fingerprint density at radius 2 is 1.46 bits per heavy atom. The van der Waals surface area contributed by atoms with Gasteiger partial charge in [0.05, 0.1) is 6.10 Å². The fourth-order valence-electron chi connectivity index (χ4n) is 2.09. The summed E-state index contributed by atoms with van der Waals surface area (Å²) < 4.78 is 0. The summed E-state index contributed by atoms with van der Waals surface area (Å²) >= 11 is 0. The lowest BCUT2D eigenvalue weighted by atomic mass is 10.1. The zero-order valence-corrected chi connectivity index (χ0v) is 13.9. The molecular weight excluding hydrogens is 336 g/mol. The van der Waals surface area contributed by atoms with Gasteiger partial charge in [0.1, 0.15) is 11.8 Å². The third-order valence-electron chi connectivity index (χ3n) is 3.53. The molecule has 0 aromatic heterocycles. The predicted octanol–water partition coefficient (Wildman–Crippen LogP) is 0.777. The van der Waals surface area contributed by atoms with E-state index in [9.17, 15) is 19.8 Å². The normalized spacial score (nSPS) is 12.3. The minimum absolute atomic E-state index is 0.163. The lowest BCUT2D eigenvalue weighted by molar-refractivity contribution is -0.133. The molecule has 5 N–H and O–H groups in total. The number of phenols is 1. The Hall–Kier alpha value is -3.34. The topological polar surface area (TPSA) is 119 Å². The number of rotatable bonds is 4. The molecule has 7 heteroatoms. The molecule has 134 valence electrons. The van der Waals surface area contributed by atoms with Crippen molar-refractivity contribution in [2.24, 2.45) is 0 Å². The van der Waals surface area contributed by atoms with Crippen LogP contribution in [0.3, 0.4) is 0 Å². The van der Waals surface area contributed by atoms with Gasteiger partial charge in [-0.25, -0.2) is 5.48 Å². The number of hydroxylamine groups is 1. The summed E-state index contributed by atoms with van der Waals surface area (Å²) in [5.41, 5.74) is 3.09. The van der Waals surface area contributed by atoms with Crippen molar-refractivity contribution in [1.82, 2.24) is 10.8 Å². The third-order valence-corrected chi connectivity index (χ3v) is 3.53. The van der Waals surface area contributed by atoms with Crippen molar-refractivity contribution in [2.45, 2.75) is 19.1 Å². The van der Waals surface area contributed by atoms with Gasteiger partial charge in [-0.2, -0.15) is 0 Å². The van der Waals surface area contributed by atoms with Gasteiger partial charge in [-0.3, -0.25) is 14.8 Å². The molecule has 0 saturated heterocycles. The quantitative estimate of drug-likeness (QED) is 0.316. The average Bonchev–Trinajstić information content (AvgIpc) is 2.65. The standard InChI is InChI=1S/C19H18N2O5/c1-12(22)17(19(25)21-26)20-18(24)15-8-4-13(5-9-15)2-3-14-6-10-16(23)11-7-14/h4-12,17,22-23,26H,1H3,(H,20,24)(H,21,25). The van der Waals surface area contributed by atoms with Crippen molar-refractivity contribution in [3.05, 3.63) is 65.2 Å². The van der Waals surface area contributed by atoms with Gasteiger partial charge in [-0.1, -0.05) is 11.8 Å². The first kappa shape index (κ1) is 19.0. The molecule has 7 nitrogen and oxygen atoms in total. The molecule has 2 atom stereocenters. The molecule has 26 heavy (non-hydrogen) atoms. The van der Waals surface area contributed by atoms with E-state index in [1.165, 1.54) is 24.5 Å². The van der Waals surface area contributed by atoms with Crippen molar-refractivity contribution in [3.63, 3.8) is 0 Å². The van der Waals surface area contributed by atoms with Crippen molar-refractivity contribution in [3.8, 4) is 17.6 Å². The third kappa shape index (κ3) is 5.08. The Balaban J connectivity index is 2.08. The molecule has 0 aliphatic rings. The highest BCUT2D eigenvalue weighted by atomic mass is 16.5. The van der Waals surface area contributed by atoms with Gasteiger partial charge in [0.2, 0.25) is 0 Å². The highest BCUT2D eigenvalue weighted by molar-refractivity contribution is 5.97. The number of nitrogens with one attached hydrogen (secondary N) is 2. The second-order valence-corrected chi connectivity index (χ2v) is 5.54. The van der Waals surface area contributed by atoms with Gasteiger partial charge in [-0.15, -0.1) is 0 Å². The van der Waals surface area contributed by atoms with E-state index in [0.29, 0.717) is 5.56 Å². The number of aromatic hydroxyl groups is 1. The van der Waals surface area contributed by atoms with Crippen LogP contribution in [0.4, 0.5) is 0 Å². The van der Waals surface area contributed by atoms with Crippen LogP contribution in [0.1, 0.15) is 28.4 Å². The van der Waals surface area contributed by atoms with Crippen LogP contribution in [-0.2, 0) is 4.79 Å². The molecule has 0 fully saturated rings. The summed E-state index contributed by atoms with van der Waals surface area (Å²) in [5.74, 6) is 4.54. The van der Waals surface area contributed by atoms with Gasteiger partial charge in [0, 0.05) is 16.7 Å². The summed E-state index contributed by atoms with van der Waals surface area (Å²) in [4.78, 5) is 23.6. The van der Waals surface area contributed by atoms with Gasteiger partial charge < -0.3 is 15.5 Å². The van der Waals surface area contributed by atoms with Crippen LogP contribution in [0.15, 0.2) is 48.5 Å². The van der Waals surface area contributed by atoms with Crippen LogP contribution in [0.25, 0.3) is 0 Å². The van der Waals surface area contributed by atoms with Gasteiger partial charge in [0.15, 0.2) is 0 Å². The number of aliphatic hydroxyl groups excluding tert-OH is 1. The van der Waals surface area contributed by atoms with E-state index >= 15 is 0 Å². The van der Waals surface area contributed by atoms with Crippen LogP contribution >= 0.6 is 0 Å². The lowest BCUT2D eigenvalue weighted by Crippen LogP contribution is -2.51. The van der Waals surface area contributed by atoms with Crippen LogP contribution in [0.5, 0.6) is 5.75 Å². The Labute approximate surface area is 150 Å². The average molecular weight is 354 g/mol. The molecule has 0 saturated carbocycles. The number of amides is 2. The molecule has 0 aliphatic carbocycles. The Kier molecular flexibility index (Phi) is 6.33. The van der Waals surface area contributed by atoms with E-state index in [2.05, 4.69) is 17.2 Å². The number of carbonyl (C=O) groups is 2. The maximum atomic E-state index is 12.2. The van der Waals surface area contributed by atoms with Gasteiger partial charge in [-0.05, 0) is 55.5 Å². The van der Waals surface area contributed by atoms with E-state index in [-0.39, 0.29) is 11.3 Å². The zero-order valence-electron chi connectivity index (χ0n) is 13.9. The van der Waals surface area contributed by atoms with E-state index in [1.807, 2.05) is 0 Å². The number of aliphatic hydroxyl groups is 1. The molecule has 2 amide bonds. The number of phenolic OH excluding ortho intramolecular Hbond substituents is 1. The summed E-state index contributed by atoms with van der Waals surface area (Å²) in [6.45, 7) is 1.32. The monoisotopic (exact) mass is 354 g/mol. The molecule has 0 radical (unpaired) electrons. The maximum Gasteiger partial charge on any atom is 0.268 e. The van der Waals surface area contributed by atoms with E-state index in [1.54, 1.807) is 36.4 Å². The molecule has 2 rings (SSSR count). The van der Waals surface area contributed by atoms with Crippen molar-refractivity contribution in [1.29, 1.82) is 0 Å². The zero-order chi connectivity index (χ0) is 19.1. The van der Waals surface area contributed by atoms with Crippen LogP contribution in [-0.4, -0.2) is 39.4 Å². The molecule has 0 spiro atoms. The molecule has 2 aromatic rings. The fraction of sp³-hybridized carbons (Fsp3) is 0.158. The number of benzene rings is 2. The Morgan fingerprint density at radius 1 is 0.962 bits per heavy atom. The van der Waals surface area contributed by atoms with E-state index in [0.717, 1.165) is 5.56 Å². The maximum absolute atomic E-state index is 12.2. The Bertz CT molecular complexity index is 833. The first-order chi connectivity index (χ1) is 12.4. The second kappa shape index (κ2) is 8.67. The summed E-state index contributed by atoms with van der Waals surface area (Å²) in [6, 6.07) is 11.5. The van der Waals surface area contributed by atoms with E-state index in [4.69, 9.17) is 5.21 Å². The van der Waals surface area contributed by atoms with Crippen molar-refractivity contribution < 1.29 is 25.0 Å². The van der Waals surface area contributed by atoms with Gasteiger partial charge in [0.25, 0.3) is 11.8 Å². The van der Waals surface area contributed by atoms with Gasteiger partial charge >= 0.3 is 0 Å². The summed E-state index contributed by atoms with van der Waals surface area (Å²) in [5, 5.41) is 29.8. The second-order valence-electron chi connectivity index (χ2n) is 5.54. The SMILES string of the molecule is CC(O)C(NC(=O)c1ccc(C#Cc2ccc(O)cc2)cc1)C(=O)NO. The first-order valence-electron chi connectivity index (χ1n) is 7.74. The minimum Gasteiger partial charge on any atom is -0.508 e. The first-order valence-corrected chi connectivity index (χ1v) is 7.74. The van der Waals surface area contributed by atoms with Crippen LogP contribution in [0, 0.1) is 11.8 Å². The molecule has 0 bridgehead atoms. The molecular formula is C19H18N2O5. The predicted molar refractivity (Wildman–Crippen MR) is 93.4 cm³/mol. The number of carbonyl (C=O) groups excluding carboxylic acids is 2. The van der Waals surface area contributed by atoms with Crippen molar-refractivity contribution in [2.75, 3.05) is 0 Å². The molecule has 0 heterocycles. The summed E-state index contributed by atoms with van der Waals surface area (Å²) in [7, 11) is 0. The molecule has 2 aromatic carbocycles. The van der Waals surface area contributed by atoms with E-state index < -0.39 is 24.0 Å². The largest absolute Gasteiger partial charge is 0.508 e. The molecule has 0 aliphatic heterocycles. The fourth-order valence-corrected chi connectivity index (χ4v) is 2.09. The molecule has 2 unspecified atom stereocenters. The lowest BCUT2D eigenvalue weighted by Gasteiger charge is -2.19. The minimum atomic E-state index is -1.28. The number of hydrogen-bond donors (Lipinski definition) is 5. The highest BCUT2D eigenvalue weighted by Gasteiger charge is 2.25. The van der Waals surface area contributed by atoms with Crippen LogP contribution < -0.4 is 10.8 Å². The highest BCUT2D eigenvalue weighted by Crippen LogP contribution is 2.09. The Morgan fingerprint density at radius 3 is 1.92 bits per heavy atom. The summed E-state index contributed by atoms with van der Waals surface area (Å²) in [6.07, 6.45) is -1.18. The smallest absolute Gasteiger partial charge is 0.268 e. The number of hydrogen-bond acceptors (Lipinski definition) is 5.